The highest BCUT2D eigenvalue weighted by molar-refractivity contribution is 5.82. The van der Waals surface area contributed by atoms with E-state index in [2.05, 4.69) is 0 Å². The number of ether oxygens (including phenoxy) is 2. The van der Waals surface area contributed by atoms with Crippen molar-refractivity contribution in [3.05, 3.63) is 0 Å². The first-order valence-corrected chi connectivity index (χ1v) is 5.12. The van der Waals surface area contributed by atoms with Crippen molar-refractivity contribution in [2.75, 3.05) is 13.2 Å². The molecule has 0 aromatic rings. The van der Waals surface area contributed by atoms with Gasteiger partial charge in [-0.1, -0.05) is 0 Å². The number of rotatable bonds is 1. The van der Waals surface area contributed by atoms with Gasteiger partial charge in [-0.2, -0.15) is 0 Å². The first-order valence-electron chi connectivity index (χ1n) is 5.12. The SMILES string of the molecule is O=C1OC[C@@H]2[C@H]1[C@H]2[C@H]1[C@@H]2COC(=O)[C@@H]21. The molecule has 0 aromatic carbocycles. The van der Waals surface area contributed by atoms with Gasteiger partial charge < -0.3 is 9.47 Å². The van der Waals surface area contributed by atoms with Crippen molar-refractivity contribution in [3.63, 3.8) is 0 Å². The van der Waals surface area contributed by atoms with Crippen molar-refractivity contribution in [2.24, 2.45) is 35.5 Å². The van der Waals surface area contributed by atoms with Crippen LogP contribution in [-0.2, 0) is 19.1 Å². The van der Waals surface area contributed by atoms with Crippen molar-refractivity contribution in [2.45, 2.75) is 0 Å². The van der Waals surface area contributed by atoms with Crippen LogP contribution in [0.25, 0.3) is 0 Å². The number of carbonyl (C=O) groups excluding carboxylic acids is 2. The molecule has 0 spiro atoms. The Bertz CT molecular complexity index is 316. The summed E-state index contributed by atoms with van der Waals surface area (Å²) in [6, 6.07) is 0. The van der Waals surface area contributed by atoms with Gasteiger partial charge in [0.15, 0.2) is 0 Å². The first-order chi connectivity index (χ1) is 6.79. The highest BCUT2D eigenvalue weighted by Gasteiger charge is 2.74. The molecular formula is C10H10O4. The van der Waals surface area contributed by atoms with Crippen LogP contribution in [0.5, 0.6) is 0 Å². The minimum atomic E-state index is -0.0432. The van der Waals surface area contributed by atoms with Gasteiger partial charge in [-0.25, -0.2) is 0 Å². The van der Waals surface area contributed by atoms with Crippen LogP contribution in [0.3, 0.4) is 0 Å². The van der Waals surface area contributed by atoms with Crippen LogP contribution >= 0.6 is 0 Å². The lowest BCUT2D eigenvalue weighted by atomic mass is 10.1. The molecule has 4 heteroatoms. The second-order valence-electron chi connectivity index (χ2n) is 4.79. The summed E-state index contributed by atoms with van der Waals surface area (Å²) in [5, 5.41) is 0. The molecule has 14 heavy (non-hydrogen) atoms. The van der Waals surface area contributed by atoms with E-state index < -0.39 is 0 Å². The molecule has 0 amide bonds. The lowest BCUT2D eigenvalue weighted by Gasteiger charge is -2.05. The molecule has 0 unspecified atom stereocenters. The van der Waals surface area contributed by atoms with Crippen LogP contribution in [0.15, 0.2) is 0 Å². The molecule has 4 fully saturated rings. The maximum absolute atomic E-state index is 11.2. The molecular weight excluding hydrogens is 184 g/mol. The number of hydrogen-bond donors (Lipinski definition) is 0. The van der Waals surface area contributed by atoms with Gasteiger partial charge in [0.25, 0.3) is 0 Å². The third kappa shape index (κ3) is 0.645. The maximum atomic E-state index is 11.2. The molecule has 2 saturated carbocycles. The van der Waals surface area contributed by atoms with Crippen LogP contribution < -0.4 is 0 Å². The Morgan fingerprint density at radius 3 is 1.57 bits per heavy atom. The van der Waals surface area contributed by atoms with E-state index in [0.717, 1.165) is 0 Å². The lowest BCUT2D eigenvalue weighted by molar-refractivity contribution is -0.144. The Hall–Kier alpha value is -1.06. The van der Waals surface area contributed by atoms with E-state index in [1.54, 1.807) is 0 Å². The lowest BCUT2D eigenvalue weighted by Crippen LogP contribution is -2.12. The summed E-state index contributed by atoms with van der Waals surface area (Å²) >= 11 is 0. The number of hydrogen-bond acceptors (Lipinski definition) is 4. The number of carbonyl (C=O) groups is 2. The smallest absolute Gasteiger partial charge is 0.309 e. The second kappa shape index (κ2) is 1.97. The average Bonchev–Trinajstić information content (AvgIpc) is 2.97. The fourth-order valence-electron chi connectivity index (χ4n) is 3.49. The highest BCUT2D eigenvalue weighted by Crippen LogP contribution is 2.68. The molecule has 0 radical (unpaired) electrons. The molecule has 6 atom stereocenters. The highest BCUT2D eigenvalue weighted by atomic mass is 16.5. The molecule has 2 aliphatic carbocycles. The summed E-state index contributed by atoms with van der Waals surface area (Å²) in [6.07, 6.45) is 0. The molecule has 0 aromatic heterocycles. The van der Waals surface area contributed by atoms with Crippen molar-refractivity contribution in [1.29, 1.82) is 0 Å². The molecule has 2 saturated heterocycles. The molecule has 4 rings (SSSR count). The quantitative estimate of drug-likeness (QED) is 0.543. The van der Waals surface area contributed by atoms with E-state index in [1.807, 2.05) is 0 Å². The minimum Gasteiger partial charge on any atom is -0.465 e. The van der Waals surface area contributed by atoms with Crippen molar-refractivity contribution in [3.8, 4) is 0 Å². The Kier molecular flexibility index (Phi) is 1.02. The predicted molar refractivity (Wildman–Crippen MR) is 42.9 cm³/mol. The molecule has 74 valence electrons. The second-order valence-corrected chi connectivity index (χ2v) is 4.79. The number of cyclic esters (lactones) is 2. The van der Waals surface area contributed by atoms with Crippen LogP contribution in [-0.4, -0.2) is 25.2 Å². The number of fused-ring (bicyclic) bond motifs is 2. The van der Waals surface area contributed by atoms with Gasteiger partial charge in [-0.15, -0.1) is 0 Å². The molecule has 4 aliphatic rings. The van der Waals surface area contributed by atoms with E-state index in [-0.39, 0.29) is 23.8 Å². The van der Waals surface area contributed by atoms with Gasteiger partial charge in [-0.05, 0) is 11.8 Å². The topological polar surface area (TPSA) is 52.6 Å². The Balaban J connectivity index is 1.54. The summed E-state index contributed by atoms with van der Waals surface area (Å²) in [6.45, 7) is 1.16. The van der Waals surface area contributed by atoms with Crippen molar-refractivity contribution in [1.82, 2.24) is 0 Å². The van der Waals surface area contributed by atoms with Crippen LogP contribution in [0, 0.1) is 35.5 Å². The summed E-state index contributed by atoms with van der Waals surface area (Å²) in [5.41, 5.74) is 0. The molecule has 2 aliphatic heterocycles. The van der Waals surface area contributed by atoms with E-state index >= 15 is 0 Å². The van der Waals surface area contributed by atoms with E-state index in [1.165, 1.54) is 0 Å². The van der Waals surface area contributed by atoms with Crippen molar-refractivity contribution < 1.29 is 19.1 Å². The van der Waals surface area contributed by atoms with Crippen LogP contribution in [0.4, 0.5) is 0 Å². The fourth-order valence-corrected chi connectivity index (χ4v) is 3.49. The van der Waals surface area contributed by atoms with Gasteiger partial charge in [0.05, 0.1) is 25.0 Å². The summed E-state index contributed by atoms with van der Waals surface area (Å²) < 4.78 is 9.83. The zero-order valence-corrected chi connectivity index (χ0v) is 7.51. The zero-order valence-electron chi connectivity index (χ0n) is 7.51. The largest absolute Gasteiger partial charge is 0.465 e. The molecule has 2 heterocycles. The molecule has 0 N–H and O–H groups in total. The van der Waals surface area contributed by atoms with Gasteiger partial charge in [0, 0.05) is 11.8 Å². The van der Waals surface area contributed by atoms with Gasteiger partial charge in [0.1, 0.15) is 0 Å². The Morgan fingerprint density at radius 1 is 0.857 bits per heavy atom. The summed E-state index contributed by atoms with van der Waals surface area (Å²) in [4.78, 5) is 22.4. The summed E-state index contributed by atoms with van der Waals surface area (Å²) in [5.74, 6) is 1.89. The third-order valence-corrected chi connectivity index (χ3v) is 4.28. The van der Waals surface area contributed by atoms with E-state index in [9.17, 15) is 9.59 Å². The van der Waals surface area contributed by atoms with Gasteiger partial charge in [0.2, 0.25) is 0 Å². The Labute approximate surface area is 80.6 Å². The third-order valence-electron chi connectivity index (χ3n) is 4.28. The molecule has 4 nitrogen and oxygen atoms in total. The summed E-state index contributed by atoms with van der Waals surface area (Å²) in [7, 11) is 0. The monoisotopic (exact) mass is 194 g/mol. The zero-order chi connectivity index (χ0) is 9.45. The standard InChI is InChI=1S/C10H10O4/c11-9-7-3(1-13-9)5(7)6-4-2-14-10(12)8(4)6/h3-8H,1-2H2/t3-,4-,5+,6+,7-,8-/m0/s1. The number of esters is 2. The predicted octanol–water partition coefficient (Wildman–Crippen LogP) is -0.176. The van der Waals surface area contributed by atoms with E-state index in [0.29, 0.717) is 36.9 Å². The first kappa shape index (κ1) is 7.26. The van der Waals surface area contributed by atoms with Gasteiger partial charge in [-0.3, -0.25) is 9.59 Å². The fraction of sp³-hybridized carbons (Fsp3) is 0.800. The maximum Gasteiger partial charge on any atom is 0.309 e. The average molecular weight is 194 g/mol. The molecule has 0 bridgehead atoms. The minimum absolute atomic E-state index is 0.0432. The van der Waals surface area contributed by atoms with Crippen molar-refractivity contribution >= 4 is 11.9 Å². The normalized spacial score (nSPS) is 57.4. The Morgan fingerprint density at radius 2 is 1.29 bits per heavy atom. The van der Waals surface area contributed by atoms with Crippen LogP contribution in [0.1, 0.15) is 0 Å². The van der Waals surface area contributed by atoms with E-state index in [4.69, 9.17) is 9.47 Å². The van der Waals surface area contributed by atoms with Gasteiger partial charge >= 0.3 is 11.9 Å². The van der Waals surface area contributed by atoms with Crippen LogP contribution in [0.2, 0.25) is 0 Å².